The van der Waals surface area contributed by atoms with Gasteiger partial charge in [0.2, 0.25) is 0 Å². The molecule has 0 spiro atoms. The van der Waals surface area contributed by atoms with Gasteiger partial charge in [-0.3, -0.25) is 9.78 Å². The third kappa shape index (κ3) is 2.52. The van der Waals surface area contributed by atoms with Crippen molar-refractivity contribution in [3.63, 3.8) is 0 Å². The van der Waals surface area contributed by atoms with Gasteiger partial charge in [-0.1, -0.05) is 18.2 Å². The van der Waals surface area contributed by atoms with Crippen LogP contribution in [0.2, 0.25) is 0 Å². The van der Waals surface area contributed by atoms with Crippen LogP contribution in [0, 0.1) is 0 Å². The zero-order valence-electron chi connectivity index (χ0n) is 12.0. The fourth-order valence-electron chi connectivity index (χ4n) is 2.27. The van der Waals surface area contributed by atoms with Gasteiger partial charge in [0.05, 0.1) is 11.6 Å². The lowest BCUT2D eigenvalue weighted by Gasteiger charge is -2.23. The second-order valence-corrected chi connectivity index (χ2v) is 5.02. The van der Waals surface area contributed by atoms with Gasteiger partial charge < -0.3 is 9.32 Å². The molecule has 0 aliphatic rings. The van der Waals surface area contributed by atoms with Crippen molar-refractivity contribution < 1.29 is 9.21 Å². The Balaban J connectivity index is 1.87. The lowest BCUT2D eigenvalue weighted by molar-refractivity contribution is 0.0727. The lowest BCUT2D eigenvalue weighted by Crippen LogP contribution is -2.29. The molecule has 1 unspecified atom stereocenters. The summed E-state index contributed by atoms with van der Waals surface area (Å²) in [6.07, 6.45) is 3.23. The average molecular weight is 280 g/mol. The van der Waals surface area contributed by atoms with Crippen LogP contribution >= 0.6 is 0 Å². The summed E-state index contributed by atoms with van der Waals surface area (Å²) in [6, 6.07) is 13.2. The number of rotatable bonds is 3. The van der Waals surface area contributed by atoms with Crippen molar-refractivity contribution in [2.75, 3.05) is 7.05 Å². The highest BCUT2D eigenvalue weighted by Gasteiger charge is 2.21. The van der Waals surface area contributed by atoms with Crippen molar-refractivity contribution >= 4 is 16.9 Å². The van der Waals surface area contributed by atoms with E-state index in [1.54, 1.807) is 36.5 Å². The summed E-state index contributed by atoms with van der Waals surface area (Å²) in [5.41, 5.74) is 1.41. The van der Waals surface area contributed by atoms with Crippen LogP contribution in [0.25, 0.3) is 11.0 Å². The van der Waals surface area contributed by atoms with Crippen molar-refractivity contribution in [1.82, 2.24) is 9.88 Å². The van der Waals surface area contributed by atoms with Crippen molar-refractivity contribution in [3.8, 4) is 0 Å². The van der Waals surface area contributed by atoms with E-state index in [9.17, 15) is 4.79 Å². The number of hydrogen-bond acceptors (Lipinski definition) is 3. The molecular weight excluding hydrogens is 264 g/mol. The molecule has 106 valence electrons. The number of carbonyl (C=O) groups excluding carboxylic acids is 1. The molecule has 4 heteroatoms. The summed E-state index contributed by atoms with van der Waals surface area (Å²) in [7, 11) is 1.77. The fraction of sp³-hybridized carbons (Fsp3) is 0.176. The van der Waals surface area contributed by atoms with Gasteiger partial charge in [-0.2, -0.15) is 0 Å². The number of furan rings is 1. The minimum Gasteiger partial charge on any atom is -0.459 e. The fourth-order valence-corrected chi connectivity index (χ4v) is 2.27. The smallest absolute Gasteiger partial charge is 0.255 e. The monoisotopic (exact) mass is 280 g/mol. The minimum absolute atomic E-state index is 0.0731. The second kappa shape index (κ2) is 5.40. The maximum atomic E-state index is 12.4. The van der Waals surface area contributed by atoms with Crippen LogP contribution in [0.15, 0.2) is 59.3 Å². The molecule has 21 heavy (non-hydrogen) atoms. The van der Waals surface area contributed by atoms with Crippen LogP contribution < -0.4 is 0 Å². The zero-order valence-corrected chi connectivity index (χ0v) is 12.0. The molecular formula is C17H16N2O2. The molecule has 1 aromatic carbocycles. The number of pyridine rings is 1. The Hall–Kier alpha value is -2.62. The predicted molar refractivity (Wildman–Crippen MR) is 81.0 cm³/mol. The van der Waals surface area contributed by atoms with E-state index in [2.05, 4.69) is 4.98 Å². The summed E-state index contributed by atoms with van der Waals surface area (Å²) in [4.78, 5) is 18.1. The summed E-state index contributed by atoms with van der Waals surface area (Å²) >= 11 is 0. The largest absolute Gasteiger partial charge is 0.459 e. The van der Waals surface area contributed by atoms with E-state index in [1.807, 2.05) is 37.3 Å². The van der Waals surface area contributed by atoms with Crippen LogP contribution in [-0.4, -0.2) is 22.8 Å². The van der Waals surface area contributed by atoms with E-state index in [-0.39, 0.29) is 11.9 Å². The molecule has 1 amide bonds. The van der Waals surface area contributed by atoms with Gasteiger partial charge in [0, 0.05) is 24.8 Å². The standard InChI is InChI=1S/C17H16N2O2/c1-12(16-10-13-6-3-4-8-15(13)21-16)19(2)17(20)14-7-5-9-18-11-14/h3-12H,1-2H3. The maximum absolute atomic E-state index is 12.4. The highest BCUT2D eigenvalue weighted by atomic mass is 16.3. The Morgan fingerprint density at radius 2 is 2.05 bits per heavy atom. The summed E-state index contributed by atoms with van der Waals surface area (Å²) < 4.78 is 5.83. The van der Waals surface area contributed by atoms with Crippen LogP contribution in [0.3, 0.4) is 0 Å². The second-order valence-electron chi connectivity index (χ2n) is 5.02. The van der Waals surface area contributed by atoms with Crippen LogP contribution in [0.5, 0.6) is 0 Å². The third-order valence-electron chi connectivity index (χ3n) is 3.67. The highest BCUT2D eigenvalue weighted by Crippen LogP contribution is 2.27. The number of carbonyl (C=O) groups is 1. The number of hydrogen-bond donors (Lipinski definition) is 0. The molecule has 0 aliphatic carbocycles. The molecule has 3 rings (SSSR count). The molecule has 0 N–H and O–H groups in total. The van der Waals surface area contributed by atoms with Gasteiger partial charge in [0.1, 0.15) is 11.3 Å². The predicted octanol–water partition coefficient (Wildman–Crippen LogP) is 3.66. The van der Waals surface area contributed by atoms with Crippen molar-refractivity contribution in [2.45, 2.75) is 13.0 Å². The molecule has 0 bridgehead atoms. The van der Waals surface area contributed by atoms with Gasteiger partial charge in [0.25, 0.3) is 5.91 Å². The van der Waals surface area contributed by atoms with Crippen LogP contribution in [0.4, 0.5) is 0 Å². The first-order chi connectivity index (χ1) is 10.2. The average Bonchev–Trinajstić information content (AvgIpc) is 2.97. The third-order valence-corrected chi connectivity index (χ3v) is 3.67. The first kappa shape index (κ1) is 13.4. The van der Waals surface area contributed by atoms with E-state index < -0.39 is 0 Å². The van der Waals surface area contributed by atoms with E-state index in [0.29, 0.717) is 5.56 Å². The van der Waals surface area contributed by atoms with E-state index >= 15 is 0 Å². The topological polar surface area (TPSA) is 46.3 Å². The zero-order chi connectivity index (χ0) is 14.8. The molecule has 4 nitrogen and oxygen atoms in total. The first-order valence-corrected chi connectivity index (χ1v) is 6.82. The number of fused-ring (bicyclic) bond motifs is 1. The number of benzene rings is 1. The first-order valence-electron chi connectivity index (χ1n) is 6.82. The summed E-state index contributed by atoms with van der Waals surface area (Å²) in [5.74, 6) is 0.701. The van der Waals surface area contributed by atoms with Gasteiger partial charge in [0.15, 0.2) is 0 Å². The molecule has 0 fully saturated rings. The Morgan fingerprint density at radius 3 is 2.76 bits per heavy atom. The molecule has 3 aromatic rings. The molecule has 0 aliphatic heterocycles. The molecule has 1 atom stereocenters. The normalized spacial score (nSPS) is 12.3. The Bertz CT molecular complexity index is 732. The Labute approximate surface area is 123 Å². The van der Waals surface area contributed by atoms with E-state index in [4.69, 9.17) is 4.42 Å². The molecule has 0 radical (unpaired) electrons. The minimum atomic E-state index is -0.148. The number of aromatic nitrogens is 1. The number of nitrogens with zero attached hydrogens (tertiary/aromatic N) is 2. The molecule has 2 aromatic heterocycles. The van der Waals surface area contributed by atoms with Gasteiger partial charge in [-0.05, 0) is 31.2 Å². The van der Waals surface area contributed by atoms with Gasteiger partial charge in [-0.25, -0.2) is 0 Å². The van der Waals surface area contributed by atoms with Gasteiger partial charge >= 0.3 is 0 Å². The quantitative estimate of drug-likeness (QED) is 0.735. The summed E-state index contributed by atoms with van der Waals surface area (Å²) in [6.45, 7) is 1.95. The Kier molecular flexibility index (Phi) is 3.44. The van der Waals surface area contributed by atoms with Crippen molar-refractivity contribution in [1.29, 1.82) is 0 Å². The lowest BCUT2D eigenvalue weighted by atomic mass is 10.1. The maximum Gasteiger partial charge on any atom is 0.255 e. The van der Waals surface area contributed by atoms with Crippen molar-refractivity contribution in [3.05, 3.63) is 66.2 Å². The molecule has 0 saturated carbocycles. The Morgan fingerprint density at radius 1 is 1.24 bits per heavy atom. The van der Waals surface area contributed by atoms with Gasteiger partial charge in [-0.15, -0.1) is 0 Å². The number of para-hydroxylation sites is 1. The van der Waals surface area contributed by atoms with E-state index in [1.165, 1.54) is 0 Å². The van der Waals surface area contributed by atoms with Crippen LogP contribution in [-0.2, 0) is 0 Å². The molecule has 0 saturated heterocycles. The highest BCUT2D eigenvalue weighted by molar-refractivity contribution is 5.94. The van der Waals surface area contributed by atoms with Crippen molar-refractivity contribution in [2.24, 2.45) is 0 Å². The molecule has 2 heterocycles. The number of amides is 1. The summed E-state index contributed by atoms with van der Waals surface area (Å²) in [5, 5.41) is 1.04. The van der Waals surface area contributed by atoms with Crippen LogP contribution in [0.1, 0.15) is 29.1 Å². The van der Waals surface area contributed by atoms with E-state index in [0.717, 1.165) is 16.7 Å². The SMILES string of the molecule is CC(c1cc2ccccc2o1)N(C)C(=O)c1cccnc1.